The number of benzene rings is 2. The minimum Gasteiger partial charge on any atom is -0.495 e. The number of methoxy groups -OCH3 is 1. The van der Waals surface area contributed by atoms with Gasteiger partial charge in [0.2, 0.25) is 11.8 Å². The Labute approximate surface area is 160 Å². The average molecular weight is 366 g/mol. The zero-order valence-electron chi connectivity index (χ0n) is 15.9. The molecular formula is C22H26N2O3. The molecule has 142 valence electrons. The van der Waals surface area contributed by atoms with Gasteiger partial charge in [0, 0.05) is 6.54 Å². The van der Waals surface area contributed by atoms with Crippen molar-refractivity contribution in [1.82, 2.24) is 5.32 Å². The molecular weight excluding hydrogens is 340 g/mol. The van der Waals surface area contributed by atoms with Crippen molar-refractivity contribution in [2.24, 2.45) is 5.41 Å². The molecule has 3 rings (SSSR count). The van der Waals surface area contributed by atoms with E-state index in [-0.39, 0.29) is 11.8 Å². The molecule has 0 saturated heterocycles. The Bertz CT molecular complexity index is 814. The molecule has 0 atom stereocenters. The maximum absolute atomic E-state index is 12.7. The molecule has 0 heterocycles. The van der Waals surface area contributed by atoms with Crippen molar-refractivity contribution in [2.45, 2.75) is 32.6 Å². The van der Waals surface area contributed by atoms with Gasteiger partial charge in [0.05, 0.1) is 12.8 Å². The topological polar surface area (TPSA) is 67.4 Å². The number of anilines is 1. The summed E-state index contributed by atoms with van der Waals surface area (Å²) in [5.41, 5.74) is 1.92. The van der Waals surface area contributed by atoms with Gasteiger partial charge in [-0.2, -0.15) is 0 Å². The molecule has 1 aliphatic carbocycles. The fourth-order valence-corrected chi connectivity index (χ4v) is 3.15. The average Bonchev–Trinajstić information content (AvgIpc) is 3.48. The molecule has 0 radical (unpaired) electrons. The van der Waals surface area contributed by atoms with E-state index in [2.05, 4.69) is 22.8 Å². The Morgan fingerprint density at radius 1 is 1.07 bits per heavy atom. The number of hydrogen-bond donors (Lipinski definition) is 2. The van der Waals surface area contributed by atoms with Crippen LogP contribution in [0.4, 0.5) is 5.69 Å². The fraction of sp³-hybridized carbons (Fsp3) is 0.364. The normalized spacial score (nSPS) is 14.3. The highest BCUT2D eigenvalue weighted by Crippen LogP contribution is 2.47. The molecule has 0 unspecified atom stereocenters. The molecule has 2 amide bonds. The lowest BCUT2D eigenvalue weighted by Crippen LogP contribution is -2.40. The highest BCUT2D eigenvalue weighted by atomic mass is 16.5. The van der Waals surface area contributed by atoms with Gasteiger partial charge >= 0.3 is 0 Å². The first-order valence-corrected chi connectivity index (χ1v) is 9.33. The number of nitrogens with one attached hydrogen (secondary N) is 2. The minimum atomic E-state index is -0.943. The lowest BCUT2D eigenvalue weighted by Gasteiger charge is -2.17. The second kappa shape index (κ2) is 8.25. The number of rotatable bonds is 8. The number of hydrogen-bond acceptors (Lipinski definition) is 3. The van der Waals surface area contributed by atoms with Crippen molar-refractivity contribution in [3.8, 4) is 5.75 Å². The monoisotopic (exact) mass is 366 g/mol. The SMILES string of the molecule is COc1ccc(C)cc1NC(=O)C1(C(=O)NCCCc2ccccc2)CC1. The summed E-state index contributed by atoms with van der Waals surface area (Å²) in [6.07, 6.45) is 2.91. The Balaban J connectivity index is 1.54. The van der Waals surface area contributed by atoms with Crippen LogP contribution in [0, 0.1) is 12.3 Å². The van der Waals surface area contributed by atoms with Crippen LogP contribution in [0.1, 0.15) is 30.4 Å². The van der Waals surface area contributed by atoms with E-state index in [1.54, 1.807) is 7.11 Å². The Morgan fingerprint density at radius 2 is 1.81 bits per heavy atom. The van der Waals surface area contributed by atoms with Crippen molar-refractivity contribution in [1.29, 1.82) is 0 Å². The summed E-state index contributed by atoms with van der Waals surface area (Å²) in [6, 6.07) is 15.7. The Kier molecular flexibility index (Phi) is 5.79. The molecule has 0 spiro atoms. The highest BCUT2D eigenvalue weighted by molar-refractivity contribution is 6.13. The van der Waals surface area contributed by atoms with E-state index in [0.29, 0.717) is 30.8 Å². The van der Waals surface area contributed by atoms with E-state index in [9.17, 15) is 9.59 Å². The van der Waals surface area contributed by atoms with Crippen molar-refractivity contribution in [3.05, 3.63) is 59.7 Å². The summed E-state index contributed by atoms with van der Waals surface area (Å²) in [7, 11) is 1.56. The van der Waals surface area contributed by atoms with Crippen LogP contribution in [0.15, 0.2) is 48.5 Å². The van der Waals surface area contributed by atoms with Crippen LogP contribution in [0.25, 0.3) is 0 Å². The molecule has 0 aromatic heterocycles. The summed E-state index contributed by atoms with van der Waals surface area (Å²) >= 11 is 0. The van der Waals surface area contributed by atoms with Gasteiger partial charge in [-0.3, -0.25) is 9.59 Å². The van der Waals surface area contributed by atoms with E-state index in [1.165, 1.54) is 5.56 Å². The maximum Gasteiger partial charge on any atom is 0.240 e. The summed E-state index contributed by atoms with van der Waals surface area (Å²) in [4.78, 5) is 25.3. The first kappa shape index (κ1) is 19.0. The first-order chi connectivity index (χ1) is 13.0. The van der Waals surface area contributed by atoms with Crippen molar-refractivity contribution in [2.75, 3.05) is 19.0 Å². The van der Waals surface area contributed by atoms with E-state index in [4.69, 9.17) is 4.74 Å². The number of amides is 2. The predicted octanol–water partition coefficient (Wildman–Crippen LogP) is 3.47. The Morgan fingerprint density at radius 3 is 2.48 bits per heavy atom. The van der Waals surface area contributed by atoms with Crippen LogP contribution in [0.5, 0.6) is 5.75 Å². The zero-order valence-corrected chi connectivity index (χ0v) is 15.9. The summed E-state index contributed by atoms with van der Waals surface area (Å²) in [5.74, 6) is 0.152. The molecule has 1 fully saturated rings. The van der Waals surface area contributed by atoms with Crippen molar-refractivity contribution in [3.63, 3.8) is 0 Å². The second-order valence-electron chi connectivity index (χ2n) is 7.09. The van der Waals surface area contributed by atoms with Crippen LogP contribution >= 0.6 is 0 Å². The molecule has 0 aliphatic heterocycles. The van der Waals surface area contributed by atoms with Crippen LogP contribution < -0.4 is 15.4 Å². The molecule has 2 aromatic rings. The lowest BCUT2D eigenvalue weighted by molar-refractivity contribution is -0.134. The second-order valence-corrected chi connectivity index (χ2v) is 7.09. The largest absolute Gasteiger partial charge is 0.495 e. The van der Waals surface area contributed by atoms with E-state index in [1.807, 2.05) is 43.3 Å². The summed E-state index contributed by atoms with van der Waals surface area (Å²) in [5, 5.41) is 5.81. The van der Waals surface area contributed by atoms with E-state index < -0.39 is 5.41 Å². The lowest BCUT2D eigenvalue weighted by atomic mass is 10.0. The van der Waals surface area contributed by atoms with Gasteiger partial charge in [-0.25, -0.2) is 0 Å². The van der Waals surface area contributed by atoms with Gasteiger partial charge in [-0.15, -0.1) is 0 Å². The van der Waals surface area contributed by atoms with Gasteiger partial charge in [0.15, 0.2) is 0 Å². The van der Waals surface area contributed by atoms with Crippen LogP contribution in [0.2, 0.25) is 0 Å². The standard InChI is InChI=1S/C22H26N2O3/c1-16-10-11-19(27-2)18(15-16)24-21(26)22(12-13-22)20(25)23-14-6-9-17-7-4-3-5-8-17/h3-5,7-8,10-11,15H,6,9,12-14H2,1-2H3,(H,23,25)(H,24,26). The summed E-state index contributed by atoms with van der Waals surface area (Å²) in [6.45, 7) is 2.51. The van der Waals surface area contributed by atoms with Crippen molar-refractivity contribution >= 4 is 17.5 Å². The third-order valence-electron chi connectivity index (χ3n) is 4.99. The molecule has 2 N–H and O–H groups in total. The number of carbonyl (C=O) groups excluding carboxylic acids is 2. The van der Waals surface area contributed by atoms with Gasteiger partial charge in [0.1, 0.15) is 11.2 Å². The van der Waals surface area contributed by atoms with Gasteiger partial charge in [-0.05, 0) is 55.9 Å². The molecule has 27 heavy (non-hydrogen) atoms. The van der Waals surface area contributed by atoms with E-state index in [0.717, 1.165) is 18.4 Å². The van der Waals surface area contributed by atoms with E-state index >= 15 is 0 Å². The maximum atomic E-state index is 12.7. The molecule has 0 bridgehead atoms. The molecule has 5 heteroatoms. The zero-order chi connectivity index (χ0) is 19.3. The smallest absolute Gasteiger partial charge is 0.240 e. The third kappa shape index (κ3) is 4.48. The Hall–Kier alpha value is -2.82. The number of carbonyl (C=O) groups is 2. The third-order valence-corrected chi connectivity index (χ3v) is 4.99. The van der Waals surface area contributed by atoms with Crippen LogP contribution in [-0.2, 0) is 16.0 Å². The molecule has 1 saturated carbocycles. The number of aryl methyl sites for hydroxylation is 2. The minimum absolute atomic E-state index is 0.181. The first-order valence-electron chi connectivity index (χ1n) is 9.33. The van der Waals surface area contributed by atoms with Crippen molar-refractivity contribution < 1.29 is 14.3 Å². The fourth-order valence-electron chi connectivity index (χ4n) is 3.15. The number of ether oxygens (including phenoxy) is 1. The molecule has 1 aliphatic rings. The predicted molar refractivity (Wildman–Crippen MR) is 106 cm³/mol. The van der Waals surface area contributed by atoms with Crippen LogP contribution in [-0.4, -0.2) is 25.5 Å². The van der Waals surface area contributed by atoms with Gasteiger partial charge in [-0.1, -0.05) is 36.4 Å². The quantitative estimate of drug-likeness (QED) is 0.555. The molecule has 5 nitrogen and oxygen atoms in total. The van der Waals surface area contributed by atoms with Crippen LogP contribution in [0.3, 0.4) is 0 Å². The van der Waals surface area contributed by atoms with Gasteiger partial charge < -0.3 is 15.4 Å². The molecule has 2 aromatic carbocycles. The highest BCUT2D eigenvalue weighted by Gasteiger charge is 2.56. The van der Waals surface area contributed by atoms with Gasteiger partial charge in [0.25, 0.3) is 0 Å². The summed E-state index contributed by atoms with van der Waals surface area (Å²) < 4.78 is 5.30.